The molecule has 5 heteroatoms. The molecule has 0 aromatic heterocycles. The van der Waals surface area contributed by atoms with Crippen molar-refractivity contribution in [3.63, 3.8) is 0 Å². The highest BCUT2D eigenvalue weighted by molar-refractivity contribution is 6.32. The van der Waals surface area contributed by atoms with Gasteiger partial charge in [0.25, 0.3) is 0 Å². The summed E-state index contributed by atoms with van der Waals surface area (Å²) < 4.78 is 5.33. The predicted molar refractivity (Wildman–Crippen MR) is 80.4 cm³/mol. The molecule has 0 bridgehead atoms. The van der Waals surface area contributed by atoms with Crippen LogP contribution in [0.1, 0.15) is 22.8 Å². The van der Waals surface area contributed by atoms with Crippen LogP contribution in [0.5, 0.6) is 17.2 Å². The molecule has 0 saturated carbocycles. The molecule has 0 atom stereocenters. The summed E-state index contributed by atoms with van der Waals surface area (Å²) in [6, 6.07) is 9.49. The van der Waals surface area contributed by atoms with E-state index in [2.05, 4.69) is 0 Å². The average Bonchev–Trinajstić information content (AvgIpc) is 2.45. The number of rotatable bonds is 5. The maximum atomic E-state index is 12.2. The highest BCUT2D eigenvalue weighted by atomic mass is 35.5. The number of halogens is 1. The molecule has 2 aromatic carbocycles. The Balaban J connectivity index is 2.16. The van der Waals surface area contributed by atoms with Gasteiger partial charge in [-0.05, 0) is 30.7 Å². The zero-order valence-electron chi connectivity index (χ0n) is 11.5. The fourth-order valence-corrected chi connectivity index (χ4v) is 2.09. The standard InChI is InChI=1S/C16H15ClO4/c1-2-21-11-5-3-10(4-6-11)7-14(18)12-8-13(17)16(20)9-15(12)19/h3-6,8-9,19-20H,2,7H2,1H3. The first-order valence-corrected chi connectivity index (χ1v) is 6.85. The molecule has 0 aliphatic rings. The quantitative estimate of drug-likeness (QED) is 0.829. The van der Waals surface area contributed by atoms with Crippen LogP contribution in [0.2, 0.25) is 5.02 Å². The van der Waals surface area contributed by atoms with E-state index in [1.807, 2.05) is 6.92 Å². The number of carbonyl (C=O) groups excluding carboxylic acids is 1. The smallest absolute Gasteiger partial charge is 0.171 e. The first-order chi connectivity index (χ1) is 10.0. The fourth-order valence-electron chi connectivity index (χ4n) is 1.92. The molecule has 0 heterocycles. The van der Waals surface area contributed by atoms with Gasteiger partial charge in [-0.25, -0.2) is 0 Å². The van der Waals surface area contributed by atoms with Crippen molar-refractivity contribution in [3.05, 3.63) is 52.5 Å². The Labute approximate surface area is 127 Å². The van der Waals surface area contributed by atoms with Gasteiger partial charge < -0.3 is 14.9 Å². The molecule has 2 N–H and O–H groups in total. The van der Waals surface area contributed by atoms with Gasteiger partial charge >= 0.3 is 0 Å². The van der Waals surface area contributed by atoms with Crippen LogP contribution in [0.25, 0.3) is 0 Å². The summed E-state index contributed by atoms with van der Waals surface area (Å²) in [4.78, 5) is 12.2. The average molecular weight is 307 g/mol. The van der Waals surface area contributed by atoms with Crippen LogP contribution in [0.3, 0.4) is 0 Å². The number of ether oxygens (including phenoxy) is 1. The summed E-state index contributed by atoms with van der Waals surface area (Å²) in [6.45, 7) is 2.48. The van der Waals surface area contributed by atoms with Crippen molar-refractivity contribution in [2.24, 2.45) is 0 Å². The van der Waals surface area contributed by atoms with Crippen molar-refractivity contribution in [2.75, 3.05) is 6.61 Å². The van der Waals surface area contributed by atoms with E-state index >= 15 is 0 Å². The highest BCUT2D eigenvalue weighted by Gasteiger charge is 2.15. The molecular formula is C16H15ClO4. The van der Waals surface area contributed by atoms with E-state index in [1.54, 1.807) is 24.3 Å². The van der Waals surface area contributed by atoms with Crippen LogP contribution in [0.15, 0.2) is 36.4 Å². The molecular weight excluding hydrogens is 292 g/mol. The lowest BCUT2D eigenvalue weighted by molar-refractivity contribution is 0.0990. The Kier molecular flexibility index (Phi) is 4.70. The Bertz CT molecular complexity index is 650. The molecule has 0 radical (unpaired) electrons. The van der Waals surface area contributed by atoms with Crippen molar-refractivity contribution in [2.45, 2.75) is 13.3 Å². The molecule has 21 heavy (non-hydrogen) atoms. The number of phenolic OH excluding ortho intramolecular Hbond substituents is 2. The normalized spacial score (nSPS) is 10.4. The largest absolute Gasteiger partial charge is 0.507 e. The maximum absolute atomic E-state index is 12.2. The van der Waals surface area contributed by atoms with Gasteiger partial charge in [0.15, 0.2) is 5.78 Å². The first-order valence-electron chi connectivity index (χ1n) is 6.47. The lowest BCUT2D eigenvalue weighted by atomic mass is 10.0. The second-order valence-electron chi connectivity index (χ2n) is 4.50. The summed E-state index contributed by atoms with van der Waals surface area (Å²) in [7, 11) is 0. The SMILES string of the molecule is CCOc1ccc(CC(=O)c2cc(Cl)c(O)cc2O)cc1. The summed E-state index contributed by atoms with van der Waals surface area (Å²) in [5.41, 5.74) is 0.888. The van der Waals surface area contributed by atoms with E-state index in [1.165, 1.54) is 6.07 Å². The van der Waals surface area contributed by atoms with E-state index in [4.69, 9.17) is 16.3 Å². The monoisotopic (exact) mass is 306 g/mol. The van der Waals surface area contributed by atoms with Gasteiger partial charge in [-0.2, -0.15) is 0 Å². The minimum absolute atomic E-state index is 0.0304. The van der Waals surface area contributed by atoms with Crippen LogP contribution >= 0.6 is 11.6 Å². The lowest BCUT2D eigenvalue weighted by Gasteiger charge is -2.07. The van der Waals surface area contributed by atoms with Crippen molar-refractivity contribution in [1.29, 1.82) is 0 Å². The summed E-state index contributed by atoms with van der Waals surface area (Å²) in [6.07, 6.45) is 0.126. The van der Waals surface area contributed by atoms with Gasteiger partial charge in [0.05, 0.1) is 17.2 Å². The number of hydrogen-bond acceptors (Lipinski definition) is 4. The van der Waals surface area contributed by atoms with Crippen LogP contribution in [0.4, 0.5) is 0 Å². The van der Waals surface area contributed by atoms with Crippen molar-refractivity contribution < 1.29 is 19.7 Å². The molecule has 0 unspecified atom stereocenters. The van der Waals surface area contributed by atoms with Crippen molar-refractivity contribution >= 4 is 17.4 Å². The molecule has 0 fully saturated rings. The van der Waals surface area contributed by atoms with Gasteiger partial charge in [0.2, 0.25) is 0 Å². The molecule has 0 aliphatic heterocycles. The zero-order valence-corrected chi connectivity index (χ0v) is 12.2. The highest BCUT2D eigenvalue weighted by Crippen LogP contribution is 2.31. The Hall–Kier alpha value is -2.20. The van der Waals surface area contributed by atoms with E-state index in [-0.39, 0.29) is 34.3 Å². The van der Waals surface area contributed by atoms with Gasteiger partial charge in [-0.3, -0.25) is 4.79 Å². The number of aromatic hydroxyl groups is 2. The third-order valence-electron chi connectivity index (χ3n) is 2.96. The van der Waals surface area contributed by atoms with Gasteiger partial charge in [-0.15, -0.1) is 0 Å². The van der Waals surface area contributed by atoms with Crippen LogP contribution in [-0.4, -0.2) is 22.6 Å². The molecule has 2 rings (SSSR count). The number of Topliss-reactive ketones (excluding diaryl/α,β-unsaturated/α-hetero) is 1. The van der Waals surface area contributed by atoms with Crippen molar-refractivity contribution in [1.82, 2.24) is 0 Å². The second-order valence-corrected chi connectivity index (χ2v) is 4.90. The van der Waals surface area contributed by atoms with Gasteiger partial charge in [0.1, 0.15) is 17.2 Å². The van der Waals surface area contributed by atoms with E-state index < -0.39 is 0 Å². The van der Waals surface area contributed by atoms with E-state index in [0.717, 1.165) is 17.4 Å². The minimum Gasteiger partial charge on any atom is -0.507 e. The number of hydrogen-bond donors (Lipinski definition) is 2. The first kappa shape index (κ1) is 15.2. The Morgan fingerprint density at radius 2 is 1.81 bits per heavy atom. The Morgan fingerprint density at radius 1 is 1.14 bits per heavy atom. The fraction of sp³-hybridized carbons (Fsp3) is 0.188. The Morgan fingerprint density at radius 3 is 2.43 bits per heavy atom. The topological polar surface area (TPSA) is 66.8 Å². The van der Waals surface area contributed by atoms with Crippen LogP contribution in [0, 0.1) is 0 Å². The second kappa shape index (κ2) is 6.50. The molecule has 0 aliphatic carbocycles. The van der Waals surface area contributed by atoms with Crippen LogP contribution < -0.4 is 4.74 Å². The van der Waals surface area contributed by atoms with E-state index in [0.29, 0.717) is 6.61 Å². The molecule has 0 spiro atoms. The molecule has 0 saturated heterocycles. The summed E-state index contributed by atoms with van der Waals surface area (Å²) in [5, 5.41) is 19.1. The minimum atomic E-state index is -0.284. The third-order valence-corrected chi connectivity index (χ3v) is 3.27. The number of carbonyl (C=O) groups is 1. The molecule has 0 amide bonds. The van der Waals surface area contributed by atoms with Gasteiger partial charge in [-0.1, -0.05) is 23.7 Å². The predicted octanol–water partition coefficient (Wildman–Crippen LogP) is 3.58. The summed E-state index contributed by atoms with van der Waals surface area (Å²) in [5.74, 6) is -0.0811. The zero-order chi connectivity index (χ0) is 15.4. The van der Waals surface area contributed by atoms with Crippen LogP contribution in [-0.2, 0) is 6.42 Å². The third kappa shape index (κ3) is 3.67. The number of ketones is 1. The van der Waals surface area contributed by atoms with Crippen molar-refractivity contribution in [3.8, 4) is 17.2 Å². The van der Waals surface area contributed by atoms with Gasteiger partial charge in [0, 0.05) is 12.5 Å². The molecule has 110 valence electrons. The number of phenols is 2. The number of benzene rings is 2. The summed E-state index contributed by atoms with van der Waals surface area (Å²) >= 11 is 5.76. The molecule has 2 aromatic rings. The van der Waals surface area contributed by atoms with E-state index in [9.17, 15) is 15.0 Å². The maximum Gasteiger partial charge on any atom is 0.171 e. The lowest BCUT2D eigenvalue weighted by Crippen LogP contribution is -2.04. The molecule has 4 nitrogen and oxygen atoms in total.